The maximum atomic E-state index is 12.1. The number of ether oxygens (including phenoxy) is 1. The summed E-state index contributed by atoms with van der Waals surface area (Å²) in [5.41, 5.74) is 1.57. The van der Waals surface area contributed by atoms with Gasteiger partial charge >= 0.3 is 0 Å². The second kappa shape index (κ2) is 8.17. The quantitative estimate of drug-likeness (QED) is 0.817. The second-order valence-electron chi connectivity index (χ2n) is 4.86. The molecule has 0 bridgehead atoms. The van der Waals surface area contributed by atoms with Gasteiger partial charge in [-0.15, -0.1) is 0 Å². The van der Waals surface area contributed by atoms with Crippen LogP contribution < -0.4 is 15.4 Å². The molecule has 0 aliphatic rings. The molecule has 2 amide bonds. The molecule has 0 radical (unpaired) electrons. The van der Waals surface area contributed by atoms with E-state index in [9.17, 15) is 9.59 Å². The first-order valence-corrected chi connectivity index (χ1v) is 7.56. The van der Waals surface area contributed by atoms with Crippen LogP contribution in [0.3, 0.4) is 0 Å². The standard InChI is InChI=1S/C18H17ClN2O3/c1-20-18(23)15-11-14(24-2)8-9-16(15)21-17(22)10-5-12-3-6-13(19)7-4-12/h3-11H,1-2H3,(H,20,23)(H,21,22)/b10-5+. The molecule has 0 heterocycles. The Kier molecular flexibility index (Phi) is 5.98. The summed E-state index contributed by atoms with van der Waals surface area (Å²) < 4.78 is 5.11. The van der Waals surface area contributed by atoms with Crippen LogP contribution in [0.5, 0.6) is 5.75 Å². The van der Waals surface area contributed by atoms with Crippen LogP contribution in [0.4, 0.5) is 5.69 Å². The van der Waals surface area contributed by atoms with Crippen molar-refractivity contribution in [3.63, 3.8) is 0 Å². The smallest absolute Gasteiger partial charge is 0.253 e. The van der Waals surface area contributed by atoms with Crippen LogP contribution in [0.25, 0.3) is 6.08 Å². The third-order valence-corrected chi connectivity index (χ3v) is 3.51. The van der Waals surface area contributed by atoms with Gasteiger partial charge in [-0.3, -0.25) is 9.59 Å². The van der Waals surface area contributed by atoms with Crippen LogP contribution in [0.2, 0.25) is 5.02 Å². The predicted octanol–water partition coefficient (Wildman–Crippen LogP) is 3.36. The number of anilines is 1. The molecule has 6 heteroatoms. The van der Waals surface area contributed by atoms with E-state index in [1.54, 1.807) is 48.5 Å². The lowest BCUT2D eigenvalue weighted by atomic mass is 10.1. The van der Waals surface area contributed by atoms with E-state index in [1.807, 2.05) is 0 Å². The highest BCUT2D eigenvalue weighted by atomic mass is 35.5. The van der Waals surface area contributed by atoms with Crippen molar-refractivity contribution >= 4 is 35.2 Å². The van der Waals surface area contributed by atoms with Crippen LogP contribution in [-0.4, -0.2) is 26.0 Å². The van der Waals surface area contributed by atoms with E-state index >= 15 is 0 Å². The number of methoxy groups -OCH3 is 1. The Bertz CT molecular complexity index is 770. The Morgan fingerprint density at radius 3 is 2.46 bits per heavy atom. The van der Waals surface area contributed by atoms with Gasteiger partial charge in [0.2, 0.25) is 5.91 Å². The van der Waals surface area contributed by atoms with Crippen molar-refractivity contribution < 1.29 is 14.3 Å². The van der Waals surface area contributed by atoms with Crippen LogP contribution in [0, 0.1) is 0 Å². The number of benzene rings is 2. The summed E-state index contributed by atoms with van der Waals surface area (Å²) in [4.78, 5) is 24.0. The van der Waals surface area contributed by atoms with Crippen molar-refractivity contribution in [1.82, 2.24) is 5.32 Å². The Morgan fingerprint density at radius 2 is 1.83 bits per heavy atom. The molecule has 2 aromatic carbocycles. The Balaban J connectivity index is 2.16. The fourth-order valence-corrected chi connectivity index (χ4v) is 2.13. The van der Waals surface area contributed by atoms with Gasteiger partial charge in [0.15, 0.2) is 0 Å². The monoisotopic (exact) mass is 344 g/mol. The lowest BCUT2D eigenvalue weighted by Crippen LogP contribution is -2.21. The molecule has 24 heavy (non-hydrogen) atoms. The van der Waals surface area contributed by atoms with E-state index in [-0.39, 0.29) is 11.8 Å². The van der Waals surface area contributed by atoms with Gasteiger partial charge in [-0.25, -0.2) is 0 Å². The van der Waals surface area contributed by atoms with Crippen molar-refractivity contribution in [1.29, 1.82) is 0 Å². The molecule has 2 rings (SSSR count). The topological polar surface area (TPSA) is 67.4 Å². The van der Waals surface area contributed by atoms with Gasteiger partial charge in [0, 0.05) is 18.1 Å². The molecule has 0 unspecified atom stereocenters. The number of halogens is 1. The molecule has 0 spiro atoms. The summed E-state index contributed by atoms with van der Waals surface area (Å²) in [7, 11) is 3.03. The molecule has 2 N–H and O–H groups in total. The lowest BCUT2D eigenvalue weighted by molar-refractivity contribution is -0.111. The Labute approximate surface area is 145 Å². The number of hydrogen-bond donors (Lipinski definition) is 2. The highest BCUT2D eigenvalue weighted by Gasteiger charge is 2.12. The van der Waals surface area contributed by atoms with Crippen LogP contribution in [-0.2, 0) is 4.79 Å². The summed E-state index contributed by atoms with van der Waals surface area (Å²) in [5, 5.41) is 5.85. The minimum absolute atomic E-state index is 0.314. The number of amides is 2. The van der Waals surface area contributed by atoms with Crippen LogP contribution in [0.15, 0.2) is 48.5 Å². The number of carbonyl (C=O) groups is 2. The molecule has 0 aliphatic carbocycles. The van der Waals surface area contributed by atoms with Gasteiger partial charge < -0.3 is 15.4 Å². The SMILES string of the molecule is CNC(=O)c1cc(OC)ccc1NC(=O)/C=C/c1ccc(Cl)cc1. The van der Waals surface area contributed by atoms with Crippen LogP contribution >= 0.6 is 11.6 Å². The number of carbonyl (C=O) groups excluding carboxylic acids is 2. The molecule has 0 fully saturated rings. The molecule has 124 valence electrons. The van der Waals surface area contributed by atoms with E-state index in [4.69, 9.17) is 16.3 Å². The summed E-state index contributed by atoms with van der Waals surface area (Å²) in [6.07, 6.45) is 3.05. The average Bonchev–Trinajstić information content (AvgIpc) is 2.61. The van der Waals surface area contributed by atoms with E-state index in [2.05, 4.69) is 10.6 Å². The van der Waals surface area contributed by atoms with Gasteiger partial charge in [-0.05, 0) is 42.0 Å². The van der Waals surface area contributed by atoms with Crippen molar-refractivity contribution in [2.45, 2.75) is 0 Å². The van der Waals surface area contributed by atoms with Gasteiger partial charge in [0.1, 0.15) is 5.75 Å². The van der Waals surface area contributed by atoms with E-state index in [0.29, 0.717) is 22.0 Å². The van der Waals surface area contributed by atoms with E-state index in [1.165, 1.54) is 20.2 Å². The first-order chi connectivity index (χ1) is 11.5. The minimum atomic E-state index is -0.347. The fourth-order valence-electron chi connectivity index (χ4n) is 2.00. The largest absolute Gasteiger partial charge is 0.497 e. The van der Waals surface area contributed by atoms with E-state index < -0.39 is 0 Å². The molecule has 0 aromatic heterocycles. The Hall–Kier alpha value is -2.79. The van der Waals surface area contributed by atoms with Gasteiger partial charge in [-0.1, -0.05) is 23.7 Å². The summed E-state index contributed by atoms with van der Waals surface area (Å²) in [5.74, 6) is -0.130. The minimum Gasteiger partial charge on any atom is -0.497 e. The fraction of sp³-hybridized carbons (Fsp3) is 0.111. The molecule has 0 atom stereocenters. The molecule has 0 saturated carbocycles. The van der Waals surface area contributed by atoms with Crippen molar-refractivity contribution in [2.24, 2.45) is 0 Å². The zero-order chi connectivity index (χ0) is 17.5. The maximum Gasteiger partial charge on any atom is 0.253 e. The maximum absolute atomic E-state index is 12.1. The normalized spacial score (nSPS) is 10.5. The van der Waals surface area contributed by atoms with Gasteiger partial charge in [0.05, 0.1) is 18.4 Å². The van der Waals surface area contributed by atoms with Gasteiger partial charge in [0.25, 0.3) is 5.91 Å². The average molecular weight is 345 g/mol. The van der Waals surface area contributed by atoms with E-state index in [0.717, 1.165) is 5.56 Å². The molecule has 0 saturated heterocycles. The summed E-state index contributed by atoms with van der Waals surface area (Å²) in [6.45, 7) is 0. The molecule has 5 nitrogen and oxygen atoms in total. The number of rotatable bonds is 5. The second-order valence-corrected chi connectivity index (χ2v) is 5.30. The van der Waals surface area contributed by atoms with Crippen molar-refractivity contribution in [3.05, 3.63) is 64.7 Å². The highest BCUT2D eigenvalue weighted by molar-refractivity contribution is 6.30. The number of nitrogens with one attached hydrogen (secondary N) is 2. The first-order valence-electron chi connectivity index (χ1n) is 7.18. The summed E-state index contributed by atoms with van der Waals surface area (Å²) in [6, 6.07) is 11.9. The van der Waals surface area contributed by atoms with Crippen molar-refractivity contribution in [2.75, 3.05) is 19.5 Å². The van der Waals surface area contributed by atoms with Crippen molar-refractivity contribution in [3.8, 4) is 5.75 Å². The zero-order valence-electron chi connectivity index (χ0n) is 13.3. The third kappa shape index (κ3) is 4.60. The zero-order valence-corrected chi connectivity index (χ0v) is 14.1. The number of hydrogen-bond acceptors (Lipinski definition) is 3. The van der Waals surface area contributed by atoms with Gasteiger partial charge in [-0.2, -0.15) is 0 Å². The third-order valence-electron chi connectivity index (χ3n) is 3.25. The summed E-state index contributed by atoms with van der Waals surface area (Å²) >= 11 is 5.82. The molecule has 0 aliphatic heterocycles. The Morgan fingerprint density at radius 1 is 1.12 bits per heavy atom. The lowest BCUT2D eigenvalue weighted by Gasteiger charge is -2.10. The molecular formula is C18H17ClN2O3. The van der Waals surface area contributed by atoms with Crippen LogP contribution in [0.1, 0.15) is 15.9 Å². The highest BCUT2D eigenvalue weighted by Crippen LogP contribution is 2.22. The predicted molar refractivity (Wildman–Crippen MR) is 95.5 cm³/mol. The first kappa shape index (κ1) is 17.6. The molecular weight excluding hydrogens is 328 g/mol. The molecule has 2 aromatic rings.